The fourth-order valence-electron chi connectivity index (χ4n) is 3.78. The first kappa shape index (κ1) is 18.6. The number of hydrogen-bond donors (Lipinski definition) is 1. The lowest BCUT2D eigenvalue weighted by atomic mass is 10.1. The molecule has 1 aromatic heterocycles. The monoisotopic (exact) mass is 383 g/mol. The van der Waals surface area contributed by atoms with Crippen LogP contribution in [-0.2, 0) is 22.7 Å². The number of nitrogens with zero attached hydrogens (tertiary/aromatic N) is 2. The first-order valence-electron chi connectivity index (χ1n) is 9.66. The van der Waals surface area contributed by atoms with Crippen LogP contribution in [-0.4, -0.2) is 53.9 Å². The summed E-state index contributed by atoms with van der Waals surface area (Å²) >= 11 is 0. The summed E-state index contributed by atoms with van der Waals surface area (Å²) in [7, 11) is 0. The molecule has 0 bridgehead atoms. The van der Waals surface area contributed by atoms with Crippen LogP contribution in [0.15, 0.2) is 40.8 Å². The lowest BCUT2D eigenvalue weighted by Crippen LogP contribution is -2.56. The molecule has 0 spiro atoms. The Hall–Kier alpha value is -2.80. The third kappa shape index (κ3) is 4.04. The summed E-state index contributed by atoms with van der Waals surface area (Å²) in [6.07, 6.45) is 0.147. The van der Waals surface area contributed by atoms with Crippen LogP contribution in [0.2, 0.25) is 0 Å². The van der Waals surface area contributed by atoms with E-state index in [1.807, 2.05) is 48.2 Å². The van der Waals surface area contributed by atoms with E-state index in [4.69, 9.17) is 9.15 Å². The Morgan fingerprint density at radius 2 is 2.07 bits per heavy atom. The summed E-state index contributed by atoms with van der Waals surface area (Å²) < 4.78 is 11.4. The zero-order chi connectivity index (χ0) is 19.5. The molecule has 1 saturated heterocycles. The fourth-order valence-corrected chi connectivity index (χ4v) is 3.78. The summed E-state index contributed by atoms with van der Waals surface area (Å²) in [5.74, 6) is 2.33. The lowest BCUT2D eigenvalue weighted by molar-refractivity contribution is -0.139. The van der Waals surface area contributed by atoms with Crippen molar-refractivity contribution in [1.82, 2.24) is 15.1 Å². The molecular weight excluding hydrogens is 358 g/mol. The molecule has 3 heterocycles. The Morgan fingerprint density at radius 1 is 1.21 bits per heavy atom. The number of furan rings is 1. The van der Waals surface area contributed by atoms with Gasteiger partial charge in [0.1, 0.15) is 23.9 Å². The highest BCUT2D eigenvalue weighted by atomic mass is 16.5. The molecule has 4 rings (SSSR count). The minimum absolute atomic E-state index is 0.0389. The fraction of sp³-hybridized carbons (Fsp3) is 0.429. The van der Waals surface area contributed by atoms with Crippen LogP contribution < -0.4 is 10.1 Å². The van der Waals surface area contributed by atoms with Crippen molar-refractivity contribution in [3.63, 3.8) is 0 Å². The number of hydrogen-bond acceptors (Lipinski definition) is 5. The summed E-state index contributed by atoms with van der Waals surface area (Å²) in [6.45, 7) is 5.15. The number of nitrogens with one attached hydrogen (secondary N) is 1. The van der Waals surface area contributed by atoms with Crippen LogP contribution in [0.5, 0.6) is 5.75 Å². The van der Waals surface area contributed by atoms with Crippen molar-refractivity contribution in [1.29, 1.82) is 0 Å². The van der Waals surface area contributed by atoms with Gasteiger partial charge >= 0.3 is 0 Å². The number of aryl methyl sites for hydroxylation is 1. The molecule has 2 aliphatic heterocycles. The van der Waals surface area contributed by atoms with Gasteiger partial charge in [0.15, 0.2) is 0 Å². The van der Waals surface area contributed by atoms with E-state index in [1.54, 1.807) is 4.90 Å². The van der Waals surface area contributed by atoms with Gasteiger partial charge in [0.25, 0.3) is 0 Å². The van der Waals surface area contributed by atoms with E-state index in [2.05, 4.69) is 5.32 Å². The number of carbonyl (C=O) groups is 2. The first-order chi connectivity index (χ1) is 13.6. The molecule has 0 saturated carbocycles. The number of piperazine rings is 1. The van der Waals surface area contributed by atoms with Gasteiger partial charge in [-0.15, -0.1) is 0 Å². The van der Waals surface area contributed by atoms with Crippen LogP contribution in [0.3, 0.4) is 0 Å². The van der Waals surface area contributed by atoms with Gasteiger partial charge in [-0.2, -0.15) is 0 Å². The zero-order valence-electron chi connectivity index (χ0n) is 16.0. The van der Waals surface area contributed by atoms with Gasteiger partial charge in [-0.05, 0) is 25.1 Å². The van der Waals surface area contributed by atoms with Crippen molar-refractivity contribution >= 4 is 11.8 Å². The molecule has 1 aromatic carbocycles. The van der Waals surface area contributed by atoms with E-state index >= 15 is 0 Å². The average molecular weight is 383 g/mol. The zero-order valence-corrected chi connectivity index (χ0v) is 16.0. The maximum absolute atomic E-state index is 13.0. The molecule has 2 aromatic rings. The molecule has 1 fully saturated rings. The number of amides is 2. The Morgan fingerprint density at radius 3 is 2.89 bits per heavy atom. The van der Waals surface area contributed by atoms with Gasteiger partial charge in [-0.25, -0.2) is 0 Å². The minimum atomic E-state index is -0.494. The summed E-state index contributed by atoms with van der Waals surface area (Å²) in [5.41, 5.74) is 0.990. The predicted octanol–water partition coefficient (Wildman–Crippen LogP) is 1.70. The Kier molecular flexibility index (Phi) is 5.34. The molecule has 0 unspecified atom stereocenters. The molecular formula is C21H25N3O4. The second kappa shape index (κ2) is 8.06. The molecule has 7 nitrogen and oxygen atoms in total. The quantitative estimate of drug-likeness (QED) is 0.870. The molecule has 1 N–H and O–H groups in total. The SMILES string of the molecule is Cc1ccc(CN2CCNC(=O)[C@H]2CC(=O)N2CCOc3ccccc3C2)o1. The third-order valence-electron chi connectivity index (χ3n) is 5.27. The highest BCUT2D eigenvalue weighted by molar-refractivity contribution is 5.88. The topological polar surface area (TPSA) is 75.0 Å². The number of carbonyl (C=O) groups excluding carboxylic acids is 2. The maximum Gasteiger partial charge on any atom is 0.237 e. The van der Waals surface area contributed by atoms with E-state index in [1.165, 1.54) is 0 Å². The van der Waals surface area contributed by atoms with Gasteiger partial charge in [-0.3, -0.25) is 14.5 Å². The van der Waals surface area contributed by atoms with Gasteiger partial charge in [0.2, 0.25) is 11.8 Å². The normalized spacial score (nSPS) is 20.1. The van der Waals surface area contributed by atoms with E-state index < -0.39 is 6.04 Å². The molecule has 1 atom stereocenters. The van der Waals surface area contributed by atoms with Crippen molar-refractivity contribution in [3.8, 4) is 5.75 Å². The first-order valence-corrected chi connectivity index (χ1v) is 9.66. The molecule has 7 heteroatoms. The lowest BCUT2D eigenvalue weighted by Gasteiger charge is -2.35. The van der Waals surface area contributed by atoms with Crippen molar-refractivity contribution in [2.24, 2.45) is 0 Å². The Labute approximate surface area is 164 Å². The summed E-state index contributed by atoms with van der Waals surface area (Å²) in [4.78, 5) is 29.3. The number of rotatable bonds is 4. The Balaban J connectivity index is 1.45. The highest BCUT2D eigenvalue weighted by Crippen LogP contribution is 2.24. The van der Waals surface area contributed by atoms with E-state index in [-0.39, 0.29) is 18.2 Å². The van der Waals surface area contributed by atoms with Crippen LogP contribution >= 0.6 is 0 Å². The van der Waals surface area contributed by atoms with E-state index in [0.717, 1.165) is 22.8 Å². The molecule has 2 aliphatic rings. The standard InChI is InChI=1S/C21H25N3O4/c1-15-6-7-17(28-15)14-23-9-8-22-21(26)18(23)12-20(25)24-10-11-27-19-5-3-2-4-16(19)13-24/h2-7,18H,8-14H2,1H3,(H,22,26)/t18-/m1/s1. The maximum atomic E-state index is 13.0. The number of ether oxygens (including phenoxy) is 1. The number of fused-ring (bicyclic) bond motifs is 1. The van der Waals surface area contributed by atoms with Crippen molar-refractivity contribution < 1.29 is 18.7 Å². The second-order valence-corrected chi connectivity index (χ2v) is 7.27. The smallest absolute Gasteiger partial charge is 0.237 e. The summed E-state index contributed by atoms with van der Waals surface area (Å²) in [6, 6.07) is 11.1. The van der Waals surface area contributed by atoms with E-state index in [9.17, 15) is 9.59 Å². The molecule has 0 aliphatic carbocycles. The highest BCUT2D eigenvalue weighted by Gasteiger charge is 2.34. The van der Waals surface area contributed by atoms with Crippen molar-refractivity contribution in [3.05, 3.63) is 53.5 Å². The molecule has 28 heavy (non-hydrogen) atoms. The van der Waals surface area contributed by atoms with E-state index in [0.29, 0.717) is 39.3 Å². The van der Waals surface area contributed by atoms with Gasteiger partial charge in [0.05, 0.1) is 25.6 Å². The largest absolute Gasteiger partial charge is 0.491 e. The van der Waals surface area contributed by atoms with Gasteiger partial charge in [0, 0.05) is 25.2 Å². The second-order valence-electron chi connectivity index (χ2n) is 7.27. The van der Waals surface area contributed by atoms with Gasteiger partial charge < -0.3 is 19.4 Å². The van der Waals surface area contributed by atoms with Gasteiger partial charge in [-0.1, -0.05) is 18.2 Å². The Bertz CT molecular complexity index is 863. The third-order valence-corrected chi connectivity index (χ3v) is 5.27. The molecule has 2 amide bonds. The molecule has 148 valence electrons. The average Bonchev–Trinajstić information content (AvgIpc) is 2.97. The number of para-hydroxylation sites is 1. The molecule has 0 radical (unpaired) electrons. The van der Waals surface area contributed by atoms with Crippen molar-refractivity contribution in [2.75, 3.05) is 26.2 Å². The van der Waals surface area contributed by atoms with Crippen LogP contribution in [0.1, 0.15) is 23.5 Å². The van der Waals surface area contributed by atoms with Crippen LogP contribution in [0.25, 0.3) is 0 Å². The van der Waals surface area contributed by atoms with Crippen LogP contribution in [0.4, 0.5) is 0 Å². The summed E-state index contributed by atoms with van der Waals surface area (Å²) in [5, 5.41) is 2.88. The number of benzene rings is 1. The van der Waals surface area contributed by atoms with Crippen LogP contribution in [0, 0.1) is 6.92 Å². The van der Waals surface area contributed by atoms with Crippen molar-refractivity contribution in [2.45, 2.75) is 32.5 Å². The minimum Gasteiger partial charge on any atom is -0.491 e. The predicted molar refractivity (Wildman–Crippen MR) is 103 cm³/mol.